The SMILES string of the molecule is N=C(N)c1ccc(NC(=O)C(O)[C@H]2OCCN(c3cccc(NC(N)=O)c3)C2=O)cc1. The molecule has 1 fully saturated rings. The number of nitrogens with one attached hydrogen (secondary N) is 3. The van der Waals surface area contributed by atoms with Crippen LogP contribution in [0.25, 0.3) is 0 Å². The summed E-state index contributed by atoms with van der Waals surface area (Å²) in [5.74, 6) is -1.54. The van der Waals surface area contributed by atoms with E-state index in [-0.39, 0.29) is 19.0 Å². The van der Waals surface area contributed by atoms with E-state index in [2.05, 4.69) is 10.6 Å². The van der Waals surface area contributed by atoms with Gasteiger partial charge in [0.25, 0.3) is 11.8 Å². The molecule has 2 atom stereocenters. The van der Waals surface area contributed by atoms with Gasteiger partial charge in [0.15, 0.2) is 12.2 Å². The first-order valence-electron chi connectivity index (χ1n) is 9.29. The van der Waals surface area contributed by atoms with Crippen LogP contribution in [0.15, 0.2) is 48.5 Å². The summed E-state index contributed by atoms with van der Waals surface area (Å²) < 4.78 is 5.37. The Morgan fingerprint density at radius 2 is 1.84 bits per heavy atom. The third-order valence-electron chi connectivity index (χ3n) is 4.57. The normalized spacial score (nSPS) is 17.0. The van der Waals surface area contributed by atoms with Crippen molar-refractivity contribution in [3.8, 4) is 0 Å². The maximum absolute atomic E-state index is 12.9. The molecule has 11 heteroatoms. The van der Waals surface area contributed by atoms with Crippen molar-refractivity contribution in [2.45, 2.75) is 12.2 Å². The molecule has 0 bridgehead atoms. The van der Waals surface area contributed by atoms with Crippen molar-refractivity contribution in [1.82, 2.24) is 0 Å². The highest BCUT2D eigenvalue weighted by Crippen LogP contribution is 2.24. The molecule has 1 aliphatic heterocycles. The van der Waals surface area contributed by atoms with Crippen LogP contribution in [0.5, 0.6) is 0 Å². The molecule has 2 aromatic carbocycles. The van der Waals surface area contributed by atoms with Crippen molar-refractivity contribution in [3.05, 3.63) is 54.1 Å². The van der Waals surface area contributed by atoms with Crippen LogP contribution in [-0.2, 0) is 14.3 Å². The molecule has 0 radical (unpaired) electrons. The van der Waals surface area contributed by atoms with E-state index in [1.165, 1.54) is 17.0 Å². The number of carbonyl (C=O) groups is 3. The molecule has 1 aliphatic rings. The summed E-state index contributed by atoms with van der Waals surface area (Å²) >= 11 is 0. The summed E-state index contributed by atoms with van der Waals surface area (Å²) in [6.45, 7) is 0.303. The molecule has 8 N–H and O–H groups in total. The average Bonchev–Trinajstić information content (AvgIpc) is 2.73. The van der Waals surface area contributed by atoms with Crippen LogP contribution >= 0.6 is 0 Å². The number of amidine groups is 1. The van der Waals surface area contributed by atoms with Crippen LogP contribution < -0.4 is 27.0 Å². The maximum Gasteiger partial charge on any atom is 0.316 e. The van der Waals surface area contributed by atoms with E-state index in [4.69, 9.17) is 21.6 Å². The number of aliphatic hydroxyl groups is 1. The van der Waals surface area contributed by atoms with E-state index in [0.717, 1.165) is 0 Å². The molecule has 0 spiro atoms. The van der Waals surface area contributed by atoms with Gasteiger partial charge in [0.05, 0.1) is 6.61 Å². The number of nitrogens with zero attached hydrogens (tertiary/aromatic N) is 1. The molecule has 1 saturated heterocycles. The van der Waals surface area contributed by atoms with Gasteiger partial charge in [0, 0.05) is 29.2 Å². The van der Waals surface area contributed by atoms with E-state index in [1.54, 1.807) is 36.4 Å². The average molecular weight is 426 g/mol. The molecule has 31 heavy (non-hydrogen) atoms. The molecular weight excluding hydrogens is 404 g/mol. The van der Waals surface area contributed by atoms with Crippen molar-refractivity contribution in [2.75, 3.05) is 28.7 Å². The summed E-state index contributed by atoms with van der Waals surface area (Å²) in [6.07, 6.45) is -3.16. The smallest absolute Gasteiger partial charge is 0.316 e. The Morgan fingerprint density at radius 1 is 1.13 bits per heavy atom. The zero-order valence-electron chi connectivity index (χ0n) is 16.4. The predicted octanol–water partition coefficient (Wildman–Crippen LogP) is 0.193. The molecular formula is C20H22N6O5. The fraction of sp³-hybridized carbons (Fsp3) is 0.200. The number of primary amides is 1. The second-order valence-electron chi connectivity index (χ2n) is 6.75. The predicted molar refractivity (Wildman–Crippen MR) is 114 cm³/mol. The van der Waals surface area contributed by atoms with Gasteiger partial charge in [-0.25, -0.2) is 4.79 Å². The summed E-state index contributed by atoms with van der Waals surface area (Å²) in [7, 11) is 0. The second kappa shape index (κ2) is 9.24. The summed E-state index contributed by atoms with van der Waals surface area (Å²) in [5, 5.41) is 22.7. The van der Waals surface area contributed by atoms with Crippen LogP contribution in [0.4, 0.5) is 21.9 Å². The number of nitrogens with two attached hydrogens (primary N) is 2. The number of morpholine rings is 1. The van der Waals surface area contributed by atoms with Crippen molar-refractivity contribution in [2.24, 2.45) is 11.5 Å². The first-order valence-corrected chi connectivity index (χ1v) is 9.29. The van der Waals surface area contributed by atoms with Gasteiger partial charge in [0.2, 0.25) is 0 Å². The van der Waals surface area contributed by atoms with E-state index in [0.29, 0.717) is 22.6 Å². The molecule has 0 aromatic heterocycles. The third kappa shape index (κ3) is 5.15. The van der Waals surface area contributed by atoms with Gasteiger partial charge >= 0.3 is 6.03 Å². The zero-order valence-corrected chi connectivity index (χ0v) is 16.4. The van der Waals surface area contributed by atoms with Gasteiger partial charge in [-0.3, -0.25) is 15.0 Å². The lowest BCUT2D eigenvalue weighted by molar-refractivity contribution is -0.150. The Bertz CT molecular complexity index is 1010. The number of aliphatic hydroxyl groups excluding tert-OH is 1. The lowest BCUT2D eigenvalue weighted by Gasteiger charge is -2.34. The van der Waals surface area contributed by atoms with Crippen LogP contribution in [0.2, 0.25) is 0 Å². The van der Waals surface area contributed by atoms with E-state index < -0.39 is 30.1 Å². The number of amides is 4. The van der Waals surface area contributed by atoms with Crippen molar-refractivity contribution >= 4 is 40.7 Å². The number of hydrogen-bond donors (Lipinski definition) is 6. The summed E-state index contributed by atoms with van der Waals surface area (Å²) in [5.41, 5.74) is 12.2. The zero-order chi connectivity index (χ0) is 22.5. The lowest BCUT2D eigenvalue weighted by atomic mass is 10.1. The highest BCUT2D eigenvalue weighted by atomic mass is 16.5. The van der Waals surface area contributed by atoms with Gasteiger partial charge in [0.1, 0.15) is 5.84 Å². The molecule has 0 aliphatic carbocycles. The minimum atomic E-state index is -1.75. The number of rotatable bonds is 6. The fourth-order valence-electron chi connectivity index (χ4n) is 3.07. The summed E-state index contributed by atoms with van der Waals surface area (Å²) in [4.78, 5) is 37.8. The van der Waals surface area contributed by atoms with Gasteiger partial charge < -0.3 is 36.8 Å². The minimum absolute atomic E-state index is 0.0987. The summed E-state index contributed by atoms with van der Waals surface area (Å²) in [6, 6.07) is 11.8. The van der Waals surface area contributed by atoms with Crippen LogP contribution in [0.3, 0.4) is 0 Å². The standard InChI is InChI=1S/C20H22N6O5/c21-17(22)11-4-6-12(7-5-11)24-18(28)15(27)16-19(29)26(8-9-31-16)14-3-1-2-13(10-14)25-20(23)30/h1-7,10,15-16,27H,8-9H2,(H3,21,22)(H,24,28)(H3,23,25,30)/t15?,16-/m1/s1. The maximum atomic E-state index is 12.9. The molecule has 1 heterocycles. The van der Waals surface area contributed by atoms with Gasteiger partial charge in [-0.05, 0) is 42.5 Å². The Kier molecular flexibility index (Phi) is 6.48. The molecule has 0 saturated carbocycles. The third-order valence-corrected chi connectivity index (χ3v) is 4.57. The Balaban J connectivity index is 1.70. The number of hydrogen-bond acceptors (Lipinski definition) is 6. The first kappa shape index (κ1) is 21.7. The number of carbonyl (C=O) groups excluding carboxylic acids is 3. The molecule has 4 amide bonds. The lowest BCUT2D eigenvalue weighted by Crippen LogP contribution is -2.55. The van der Waals surface area contributed by atoms with Gasteiger partial charge in [-0.1, -0.05) is 6.07 Å². The minimum Gasteiger partial charge on any atom is -0.384 e. The van der Waals surface area contributed by atoms with Gasteiger partial charge in [-0.15, -0.1) is 0 Å². The quantitative estimate of drug-likeness (QED) is 0.283. The molecule has 3 rings (SSSR count). The van der Waals surface area contributed by atoms with Crippen LogP contribution in [0, 0.1) is 5.41 Å². The topological polar surface area (TPSA) is 184 Å². The molecule has 162 valence electrons. The highest BCUT2D eigenvalue weighted by Gasteiger charge is 2.39. The Morgan fingerprint density at radius 3 is 2.48 bits per heavy atom. The molecule has 2 aromatic rings. The van der Waals surface area contributed by atoms with Crippen LogP contribution in [0.1, 0.15) is 5.56 Å². The largest absolute Gasteiger partial charge is 0.384 e. The second-order valence-corrected chi connectivity index (χ2v) is 6.75. The number of urea groups is 1. The molecule has 11 nitrogen and oxygen atoms in total. The van der Waals surface area contributed by atoms with Crippen LogP contribution in [-0.4, -0.2) is 54.1 Å². The van der Waals surface area contributed by atoms with E-state index in [9.17, 15) is 19.5 Å². The van der Waals surface area contributed by atoms with Gasteiger partial charge in [-0.2, -0.15) is 0 Å². The van der Waals surface area contributed by atoms with E-state index in [1.807, 2.05) is 0 Å². The number of ether oxygens (including phenoxy) is 1. The number of nitrogen functional groups attached to an aromatic ring is 1. The fourth-order valence-corrected chi connectivity index (χ4v) is 3.07. The van der Waals surface area contributed by atoms with Crippen molar-refractivity contribution in [1.29, 1.82) is 5.41 Å². The van der Waals surface area contributed by atoms with Crippen molar-refractivity contribution in [3.63, 3.8) is 0 Å². The first-order chi connectivity index (χ1) is 14.8. The monoisotopic (exact) mass is 426 g/mol. The van der Waals surface area contributed by atoms with E-state index >= 15 is 0 Å². The number of anilines is 3. The Labute approximate surface area is 177 Å². The molecule has 1 unspecified atom stereocenters. The number of benzene rings is 2. The van der Waals surface area contributed by atoms with Crippen molar-refractivity contribution < 1.29 is 24.2 Å². The Hall–Kier alpha value is -3.96. The highest BCUT2D eigenvalue weighted by molar-refractivity contribution is 6.04.